The number of hydrogen-bond donors (Lipinski definition) is 1. The summed E-state index contributed by atoms with van der Waals surface area (Å²) < 4.78 is 1.69. The summed E-state index contributed by atoms with van der Waals surface area (Å²) in [5, 5.41) is 8.81. The molecule has 3 aromatic rings. The Morgan fingerprint density at radius 3 is 2.70 bits per heavy atom. The number of benzene rings is 1. The highest BCUT2D eigenvalue weighted by molar-refractivity contribution is 6.37. The van der Waals surface area contributed by atoms with Crippen LogP contribution in [0, 0.1) is 6.92 Å². The maximum absolute atomic E-state index is 6.37. The molecule has 1 N–H and O–H groups in total. The van der Waals surface area contributed by atoms with Gasteiger partial charge in [-0.05, 0) is 30.2 Å². The maximum Gasteiger partial charge on any atom is 0.224 e. The van der Waals surface area contributed by atoms with E-state index in [1.165, 1.54) is 0 Å². The van der Waals surface area contributed by atoms with Crippen molar-refractivity contribution in [2.75, 3.05) is 5.32 Å². The maximum atomic E-state index is 6.37. The van der Waals surface area contributed by atoms with E-state index in [0.29, 0.717) is 16.4 Å². The molecule has 0 aliphatic heterocycles. The van der Waals surface area contributed by atoms with Gasteiger partial charge in [-0.25, -0.2) is 4.98 Å². The number of hydrogen-bond acceptors (Lipinski definition) is 4. The third-order valence-electron chi connectivity index (χ3n) is 2.93. The lowest BCUT2D eigenvalue weighted by atomic mass is 10.1. The Bertz CT molecular complexity index is 797. The zero-order valence-electron chi connectivity index (χ0n) is 10.9. The first-order chi connectivity index (χ1) is 9.54. The molecule has 20 heavy (non-hydrogen) atoms. The molecule has 0 aliphatic rings. The summed E-state index contributed by atoms with van der Waals surface area (Å²) >= 11 is 12.3. The minimum absolute atomic E-state index is 0.170. The van der Waals surface area contributed by atoms with Crippen LogP contribution in [0.5, 0.6) is 0 Å². The van der Waals surface area contributed by atoms with Crippen LogP contribution in [0.25, 0.3) is 10.9 Å². The first-order valence-corrected chi connectivity index (χ1v) is 6.68. The van der Waals surface area contributed by atoms with Gasteiger partial charge in [0.1, 0.15) is 5.82 Å². The van der Waals surface area contributed by atoms with Gasteiger partial charge in [-0.2, -0.15) is 10.1 Å². The zero-order valence-corrected chi connectivity index (χ0v) is 12.4. The standard InChI is InChI=1S/C13H11Cl2N5/c1-7-3-4-9-10(11(7)14)12(19-13(15)18-9)17-8-5-16-20(2)6-8/h3-6H,1-2H3,(H,17,18,19). The molecule has 0 fully saturated rings. The van der Waals surface area contributed by atoms with Crippen molar-refractivity contribution in [2.45, 2.75) is 6.92 Å². The molecule has 0 bridgehead atoms. The highest BCUT2D eigenvalue weighted by atomic mass is 35.5. The number of aryl methyl sites for hydroxylation is 2. The second-order valence-corrected chi connectivity index (χ2v) is 5.18. The first kappa shape index (κ1) is 13.1. The normalized spacial score (nSPS) is 11.0. The molecule has 102 valence electrons. The molecule has 1 aromatic carbocycles. The van der Waals surface area contributed by atoms with E-state index in [0.717, 1.165) is 16.6 Å². The molecule has 0 spiro atoms. The molecule has 0 saturated carbocycles. The smallest absolute Gasteiger partial charge is 0.224 e. The van der Waals surface area contributed by atoms with Crippen LogP contribution in [-0.4, -0.2) is 19.7 Å². The Morgan fingerprint density at radius 2 is 2.00 bits per heavy atom. The van der Waals surface area contributed by atoms with E-state index < -0.39 is 0 Å². The molecule has 0 radical (unpaired) electrons. The first-order valence-electron chi connectivity index (χ1n) is 5.92. The van der Waals surface area contributed by atoms with E-state index in [4.69, 9.17) is 23.2 Å². The average molecular weight is 308 g/mol. The number of rotatable bonds is 2. The molecular weight excluding hydrogens is 297 g/mol. The molecule has 2 aromatic heterocycles. The van der Waals surface area contributed by atoms with Gasteiger partial charge in [0.25, 0.3) is 0 Å². The highest BCUT2D eigenvalue weighted by Gasteiger charge is 2.12. The number of nitrogens with zero attached hydrogens (tertiary/aromatic N) is 4. The van der Waals surface area contributed by atoms with Gasteiger partial charge in [0.05, 0.1) is 27.8 Å². The molecule has 3 rings (SSSR count). The van der Waals surface area contributed by atoms with Crippen LogP contribution in [0.3, 0.4) is 0 Å². The fourth-order valence-corrected chi connectivity index (χ4v) is 2.40. The molecule has 2 heterocycles. The van der Waals surface area contributed by atoms with Gasteiger partial charge in [-0.15, -0.1) is 0 Å². The van der Waals surface area contributed by atoms with Crippen LogP contribution >= 0.6 is 23.2 Å². The summed E-state index contributed by atoms with van der Waals surface area (Å²) in [5.41, 5.74) is 2.47. The van der Waals surface area contributed by atoms with Gasteiger partial charge in [0.2, 0.25) is 5.28 Å². The van der Waals surface area contributed by atoms with Gasteiger partial charge >= 0.3 is 0 Å². The number of aromatic nitrogens is 4. The highest BCUT2D eigenvalue weighted by Crippen LogP contribution is 2.33. The molecule has 5 nitrogen and oxygen atoms in total. The Morgan fingerprint density at radius 1 is 1.20 bits per heavy atom. The predicted octanol–water partition coefficient (Wildman–Crippen LogP) is 3.72. The van der Waals surface area contributed by atoms with Crippen LogP contribution in [0.2, 0.25) is 10.3 Å². The molecule has 0 saturated heterocycles. The molecule has 0 atom stereocenters. The largest absolute Gasteiger partial charge is 0.337 e. The summed E-state index contributed by atoms with van der Waals surface area (Å²) in [6, 6.07) is 3.78. The summed E-state index contributed by atoms with van der Waals surface area (Å²) in [5.74, 6) is 0.571. The molecule has 0 aliphatic carbocycles. The lowest BCUT2D eigenvalue weighted by Gasteiger charge is -2.10. The molecule has 0 unspecified atom stereocenters. The van der Waals surface area contributed by atoms with E-state index in [2.05, 4.69) is 20.4 Å². The minimum Gasteiger partial charge on any atom is -0.337 e. The second kappa shape index (κ2) is 4.92. The second-order valence-electron chi connectivity index (χ2n) is 4.46. The third-order valence-corrected chi connectivity index (χ3v) is 3.59. The van der Waals surface area contributed by atoms with Gasteiger partial charge in [-0.1, -0.05) is 17.7 Å². The van der Waals surface area contributed by atoms with Crippen LogP contribution in [0.4, 0.5) is 11.5 Å². The van der Waals surface area contributed by atoms with Crippen LogP contribution < -0.4 is 5.32 Å². The van der Waals surface area contributed by atoms with Crippen molar-refractivity contribution in [2.24, 2.45) is 7.05 Å². The third kappa shape index (κ3) is 2.30. The summed E-state index contributed by atoms with van der Waals surface area (Å²) in [6.07, 6.45) is 3.54. The van der Waals surface area contributed by atoms with Crippen molar-refractivity contribution in [1.82, 2.24) is 19.7 Å². The molecular formula is C13H11Cl2N5. The van der Waals surface area contributed by atoms with Crippen molar-refractivity contribution in [3.63, 3.8) is 0 Å². The van der Waals surface area contributed by atoms with E-state index in [-0.39, 0.29) is 5.28 Å². The summed E-state index contributed by atoms with van der Waals surface area (Å²) in [4.78, 5) is 8.42. The molecule has 7 heteroatoms. The topological polar surface area (TPSA) is 55.6 Å². The van der Waals surface area contributed by atoms with Crippen molar-refractivity contribution < 1.29 is 0 Å². The number of anilines is 2. The van der Waals surface area contributed by atoms with E-state index in [9.17, 15) is 0 Å². The van der Waals surface area contributed by atoms with Crippen molar-refractivity contribution in [3.05, 3.63) is 40.4 Å². The van der Waals surface area contributed by atoms with Gasteiger partial charge in [-0.3, -0.25) is 4.68 Å². The number of halogens is 2. The van der Waals surface area contributed by atoms with E-state index in [1.54, 1.807) is 10.9 Å². The monoisotopic (exact) mass is 307 g/mol. The van der Waals surface area contributed by atoms with E-state index >= 15 is 0 Å². The number of fused-ring (bicyclic) bond motifs is 1. The molecule has 0 amide bonds. The van der Waals surface area contributed by atoms with Crippen LogP contribution in [0.1, 0.15) is 5.56 Å². The summed E-state index contributed by atoms with van der Waals surface area (Å²) in [6.45, 7) is 1.93. The van der Waals surface area contributed by atoms with Crippen molar-refractivity contribution in [1.29, 1.82) is 0 Å². The lowest BCUT2D eigenvalue weighted by Crippen LogP contribution is -1.98. The lowest BCUT2D eigenvalue weighted by molar-refractivity contribution is 0.768. The SMILES string of the molecule is Cc1ccc2nc(Cl)nc(Nc3cnn(C)c3)c2c1Cl. The fraction of sp³-hybridized carbons (Fsp3) is 0.154. The predicted molar refractivity (Wildman–Crippen MR) is 80.8 cm³/mol. The number of nitrogens with one attached hydrogen (secondary N) is 1. The van der Waals surface area contributed by atoms with Crippen molar-refractivity contribution in [3.8, 4) is 0 Å². The van der Waals surface area contributed by atoms with E-state index in [1.807, 2.05) is 32.3 Å². The van der Waals surface area contributed by atoms with Crippen LogP contribution in [0.15, 0.2) is 24.5 Å². The fourth-order valence-electron chi connectivity index (χ4n) is 1.97. The summed E-state index contributed by atoms with van der Waals surface area (Å²) in [7, 11) is 1.84. The van der Waals surface area contributed by atoms with Gasteiger partial charge < -0.3 is 5.32 Å². The zero-order chi connectivity index (χ0) is 14.3. The minimum atomic E-state index is 0.170. The Labute approximate surface area is 125 Å². The van der Waals surface area contributed by atoms with Crippen LogP contribution in [-0.2, 0) is 7.05 Å². The van der Waals surface area contributed by atoms with Crippen molar-refractivity contribution >= 4 is 45.6 Å². The Hall–Kier alpha value is -1.85. The quantitative estimate of drug-likeness (QED) is 0.733. The van der Waals surface area contributed by atoms with Gasteiger partial charge in [0, 0.05) is 13.2 Å². The Kier molecular flexibility index (Phi) is 3.23. The van der Waals surface area contributed by atoms with Gasteiger partial charge in [0.15, 0.2) is 0 Å². The average Bonchev–Trinajstić information content (AvgIpc) is 2.79. The Balaban J connectivity index is 2.20.